The van der Waals surface area contributed by atoms with Crippen molar-refractivity contribution >= 4 is 21.6 Å². The average Bonchev–Trinajstić information content (AvgIpc) is 2.68. The molecule has 0 aromatic heterocycles. The van der Waals surface area contributed by atoms with Gasteiger partial charge in [0.05, 0.1) is 11.3 Å². The van der Waals surface area contributed by atoms with Gasteiger partial charge in [0, 0.05) is 44.5 Å². The molecule has 3 rings (SSSR count). The Bertz CT molecular complexity index is 990. The number of carbonyl (C=O) groups is 1. The Labute approximate surface area is 169 Å². The van der Waals surface area contributed by atoms with Gasteiger partial charge in [0.15, 0.2) is 0 Å². The van der Waals surface area contributed by atoms with Crippen molar-refractivity contribution in [2.75, 3.05) is 43.4 Å². The van der Waals surface area contributed by atoms with Crippen molar-refractivity contribution in [1.82, 2.24) is 9.62 Å². The van der Waals surface area contributed by atoms with Crippen LogP contribution in [0.5, 0.6) is 0 Å². The van der Waals surface area contributed by atoms with Crippen molar-refractivity contribution in [3.05, 3.63) is 65.2 Å². The van der Waals surface area contributed by atoms with E-state index in [0.717, 1.165) is 23.4 Å². The van der Waals surface area contributed by atoms with Gasteiger partial charge in [-0.15, -0.1) is 0 Å². The first kappa shape index (κ1) is 21.2. The molecular formula is C20H23F2N3O3S. The van der Waals surface area contributed by atoms with E-state index in [-0.39, 0.29) is 17.9 Å². The smallest absolute Gasteiger partial charge is 0.254 e. The van der Waals surface area contributed by atoms with Gasteiger partial charge in [-0.2, -0.15) is 4.31 Å². The van der Waals surface area contributed by atoms with Crippen LogP contribution < -0.4 is 10.2 Å². The molecular weight excluding hydrogens is 400 g/mol. The summed E-state index contributed by atoms with van der Waals surface area (Å²) in [6.45, 7) is 3.73. The van der Waals surface area contributed by atoms with Crippen molar-refractivity contribution < 1.29 is 22.0 Å². The Balaban J connectivity index is 1.51. The fraction of sp³-hybridized carbons (Fsp3) is 0.350. The van der Waals surface area contributed by atoms with Gasteiger partial charge in [0.1, 0.15) is 11.6 Å². The molecule has 9 heteroatoms. The van der Waals surface area contributed by atoms with E-state index in [2.05, 4.69) is 16.3 Å². The quantitative estimate of drug-likeness (QED) is 0.773. The average molecular weight is 423 g/mol. The maximum atomic E-state index is 13.6. The van der Waals surface area contributed by atoms with Crippen LogP contribution in [0.15, 0.2) is 42.5 Å². The second-order valence-corrected chi connectivity index (χ2v) is 9.01. The van der Waals surface area contributed by atoms with Gasteiger partial charge in [-0.3, -0.25) is 4.79 Å². The highest BCUT2D eigenvalue weighted by molar-refractivity contribution is 7.89. The first-order valence-electron chi connectivity index (χ1n) is 9.29. The minimum atomic E-state index is -3.55. The van der Waals surface area contributed by atoms with Crippen LogP contribution in [-0.4, -0.2) is 57.1 Å². The Morgan fingerprint density at radius 1 is 1.07 bits per heavy atom. The molecule has 1 aliphatic rings. The molecule has 2 aromatic rings. The molecule has 0 unspecified atom stereocenters. The summed E-state index contributed by atoms with van der Waals surface area (Å²) in [4.78, 5) is 14.1. The molecule has 1 amide bonds. The number of carbonyl (C=O) groups excluding carboxylic acids is 1. The third-order valence-corrected chi connectivity index (χ3v) is 6.69. The Kier molecular flexibility index (Phi) is 6.49. The number of nitrogens with one attached hydrogen (secondary N) is 1. The number of halogens is 2. The van der Waals surface area contributed by atoms with Crippen LogP contribution in [0.1, 0.15) is 15.9 Å². The fourth-order valence-corrected chi connectivity index (χ4v) is 4.58. The summed E-state index contributed by atoms with van der Waals surface area (Å²) in [7, 11) is -3.55. The molecule has 0 aliphatic carbocycles. The third kappa shape index (κ3) is 5.30. The second-order valence-electron chi connectivity index (χ2n) is 6.92. The maximum Gasteiger partial charge on any atom is 0.254 e. The molecule has 0 atom stereocenters. The minimum absolute atomic E-state index is 0.157. The number of aryl methyl sites for hydroxylation is 1. The summed E-state index contributed by atoms with van der Waals surface area (Å²) in [5.74, 6) is -2.84. The highest BCUT2D eigenvalue weighted by atomic mass is 32.2. The summed E-state index contributed by atoms with van der Waals surface area (Å²) < 4.78 is 53.0. The molecule has 6 nitrogen and oxygen atoms in total. The number of amides is 1. The van der Waals surface area contributed by atoms with Gasteiger partial charge in [-0.1, -0.05) is 12.1 Å². The van der Waals surface area contributed by atoms with Crippen LogP contribution in [0.3, 0.4) is 0 Å². The van der Waals surface area contributed by atoms with E-state index in [1.54, 1.807) is 0 Å². The first-order valence-corrected chi connectivity index (χ1v) is 10.9. The third-order valence-electron chi connectivity index (χ3n) is 4.82. The van der Waals surface area contributed by atoms with E-state index in [1.165, 1.54) is 4.31 Å². The van der Waals surface area contributed by atoms with Crippen LogP contribution in [0.25, 0.3) is 0 Å². The number of piperazine rings is 1. The Hall–Kier alpha value is -2.52. The van der Waals surface area contributed by atoms with Crippen LogP contribution in [-0.2, 0) is 10.0 Å². The zero-order chi connectivity index (χ0) is 21.0. The Morgan fingerprint density at radius 2 is 1.79 bits per heavy atom. The van der Waals surface area contributed by atoms with E-state index < -0.39 is 27.6 Å². The van der Waals surface area contributed by atoms with Crippen molar-refractivity contribution in [1.29, 1.82) is 0 Å². The van der Waals surface area contributed by atoms with E-state index in [9.17, 15) is 22.0 Å². The molecule has 1 N–H and O–H groups in total. The summed E-state index contributed by atoms with van der Waals surface area (Å²) >= 11 is 0. The SMILES string of the molecule is Cc1cccc(N2CCN(S(=O)(=O)CCNC(=O)c3ccc(F)cc3F)CC2)c1. The zero-order valence-electron chi connectivity index (χ0n) is 16.1. The summed E-state index contributed by atoms with van der Waals surface area (Å²) in [6.07, 6.45) is 0. The molecule has 1 fully saturated rings. The number of nitrogens with zero attached hydrogens (tertiary/aromatic N) is 2. The van der Waals surface area contributed by atoms with Crippen molar-refractivity contribution in [3.63, 3.8) is 0 Å². The molecule has 2 aromatic carbocycles. The summed E-state index contributed by atoms with van der Waals surface area (Å²) in [5, 5.41) is 2.38. The van der Waals surface area contributed by atoms with E-state index >= 15 is 0 Å². The van der Waals surface area contributed by atoms with Gasteiger partial charge in [0.2, 0.25) is 10.0 Å². The normalized spacial score (nSPS) is 15.3. The largest absolute Gasteiger partial charge is 0.369 e. The van der Waals surface area contributed by atoms with Crippen molar-refractivity contribution in [2.45, 2.75) is 6.92 Å². The standard InChI is InChI=1S/C20H23F2N3O3S/c1-15-3-2-4-17(13-15)24-8-10-25(11-9-24)29(27,28)12-7-23-20(26)18-6-5-16(21)14-19(18)22/h2-6,13-14H,7-12H2,1H3,(H,23,26). The highest BCUT2D eigenvalue weighted by Gasteiger charge is 2.27. The van der Waals surface area contributed by atoms with Gasteiger partial charge >= 0.3 is 0 Å². The molecule has 0 saturated carbocycles. The lowest BCUT2D eigenvalue weighted by Gasteiger charge is -2.35. The first-order chi connectivity index (χ1) is 13.8. The number of hydrogen-bond donors (Lipinski definition) is 1. The Morgan fingerprint density at radius 3 is 2.45 bits per heavy atom. The van der Waals surface area contributed by atoms with Gasteiger partial charge < -0.3 is 10.2 Å². The van der Waals surface area contributed by atoms with Crippen LogP contribution in [0, 0.1) is 18.6 Å². The van der Waals surface area contributed by atoms with Gasteiger partial charge in [0.25, 0.3) is 5.91 Å². The molecule has 29 heavy (non-hydrogen) atoms. The lowest BCUT2D eigenvalue weighted by Crippen LogP contribution is -2.50. The monoisotopic (exact) mass is 423 g/mol. The predicted molar refractivity (Wildman–Crippen MR) is 107 cm³/mol. The lowest BCUT2D eigenvalue weighted by molar-refractivity contribution is 0.0952. The van der Waals surface area contributed by atoms with Crippen molar-refractivity contribution in [2.24, 2.45) is 0 Å². The number of benzene rings is 2. The number of anilines is 1. The summed E-state index contributed by atoms with van der Waals surface area (Å²) in [5.41, 5.74) is 1.89. The zero-order valence-corrected chi connectivity index (χ0v) is 16.9. The van der Waals surface area contributed by atoms with Gasteiger partial charge in [-0.05, 0) is 36.8 Å². The highest BCUT2D eigenvalue weighted by Crippen LogP contribution is 2.19. The van der Waals surface area contributed by atoms with E-state index in [4.69, 9.17) is 0 Å². The number of sulfonamides is 1. The number of hydrogen-bond acceptors (Lipinski definition) is 4. The molecule has 0 radical (unpaired) electrons. The molecule has 1 saturated heterocycles. The van der Waals surface area contributed by atoms with Crippen LogP contribution in [0.4, 0.5) is 14.5 Å². The van der Waals surface area contributed by atoms with Crippen LogP contribution in [0.2, 0.25) is 0 Å². The molecule has 0 bridgehead atoms. The van der Waals surface area contributed by atoms with Gasteiger partial charge in [-0.25, -0.2) is 17.2 Å². The van der Waals surface area contributed by atoms with Crippen LogP contribution >= 0.6 is 0 Å². The molecule has 156 valence electrons. The van der Waals surface area contributed by atoms with E-state index in [1.807, 2.05) is 25.1 Å². The number of rotatable bonds is 6. The lowest BCUT2D eigenvalue weighted by atomic mass is 10.2. The van der Waals surface area contributed by atoms with E-state index in [0.29, 0.717) is 32.2 Å². The molecule has 1 heterocycles. The fourth-order valence-electron chi connectivity index (χ4n) is 3.24. The second kappa shape index (κ2) is 8.87. The van der Waals surface area contributed by atoms with Crippen molar-refractivity contribution in [3.8, 4) is 0 Å². The minimum Gasteiger partial charge on any atom is -0.369 e. The summed E-state index contributed by atoms with van der Waals surface area (Å²) in [6, 6.07) is 10.7. The molecule has 0 spiro atoms. The topological polar surface area (TPSA) is 69.7 Å². The predicted octanol–water partition coefficient (Wildman–Crippen LogP) is 2.16. The maximum absolute atomic E-state index is 13.6. The molecule has 1 aliphatic heterocycles.